The normalized spacial score (nSPS) is 9.50. The number of hydrogen-bond donors (Lipinski definition) is 2. The monoisotopic (exact) mass is 162 g/mol. The molecule has 0 heterocycles. The van der Waals surface area contributed by atoms with Gasteiger partial charge in [0.25, 0.3) is 0 Å². The predicted octanol–water partition coefficient (Wildman–Crippen LogP) is 2.15. The van der Waals surface area contributed by atoms with Gasteiger partial charge in [0.15, 0.2) is 0 Å². The molecule has 0 aliphatic heterocycles. The Hall–Kier alpha value is -1.44. The van der Waals surface area contributed by atoms with E-state index in [1.807, 2.05) is 19.9 Å². The van der Waals surface area contributed by atoms with Crippen molar-refractivity contribution in [1.29, 1.82) is 0 Å². The summed E-state index contributed by atoms with van der Waals surface area (Å²) in [7, 11) is 0. The minimum absolute atomic E-state index is 0.476. The predicted molar refractivity (Wildman–Crippen MR) is 52.9 cm³/mol. The summed E-state index contributed by atoms with van der Waals surface area (Å²) in [6, 6.07) is 6.17. The lowest BCUT2D eigenvalue weighted by atomic mass is 10.1. The smallest absolute Gasteiger partial charge is 0.0930 e. The SMILES string of the molecule is C=C(N)Nc1cc(C)ccc1C. The minimum atomic E-state index is 0.476. The van der Waals surface area contributed by atoms with Crippen LogP contribution in [0.3, 0.4) is 0 Å². The zero-order valence-electron chi connectivity index (χ0n) is 7.52. The van der Waals surface area contributed by atoms with Crippen LogP contribution < -0.4 is 11.1 Å². The first kappa shape index (κ1) is 8.65. The lowest BCUT2D eigenvalue weighted by Gasteiger charge is -2.08. The summed E-state index contributed by atoms with van der Waals surface area (Å²) in [4.78, 5) is 0. The van der Waals surface area contributed by atoms with E-state index >= 15 is 0 Å². The van der Waals surface area contributed by atoms with Crippen LogP contribution in [0.15, 0.2) is 30.6 Å². The van der Waals surface area contributed by atoms with Crippen LogP contribution in [-0.4, -0.2) is 0 Å². The third-order valence-corrected chi connectivity index (χ3v) is 1.69. The van der Waals surface area contributed by atoms with Crippen molar-refractivity contribution in [2.45, 2.75) is 13.8 Å². The van der Waals surface area contributed by atoms with Crippen molar-refractivity contribution in [3.8, 4) is 0 Å². The highest BCUT2D eigenvalue weighted by Crippen LogP contribution is 2.16. The lowest BCUT2D eigenvalue weighted by Crippen LogP contribution is -2.07. The summed E-state index contributed by atoms with van der Waals surface area (Å²) in [5, 5.41) is 3.00. The number of aryl methyl sites for hydroxylation is 2. The molecule has 0 aliphatic carbocycles. The van der Waals surface area contributed by atoms with Gasteiger partial charge in [-0.3, -0.25) is 0 Å². The molecule has 2 nitrogen and oxygen atoms in total. The zero-order valence-corrected chi connectivity index (χ0v) is 7.52. The summed E-state index contributed by atoms with van der Waals surface area (Å²) in [5.74, 6) is 0.476. The summed E-state index contributed by atoms with van der Waals surface area (Å²) < 4.78 is 0. The number of nitrogens with one attached hydrogen (secondary N) is 1. The van der Waals surface area contributed by atoms with Crippen LogP contribution >= 0.6 is 0 Å². The topological polar surface area (TPSA) is 38.0 Å². The van der Waals surface area contributed by atoms with Crippen molar-refractivity contribution in [2.75, 3.05) is 5.32 Å². The molecule has 2 heteroatoms. The van der Waals surface area contributed by atoms with Gasteiger partial charge in [-0.25, -0.2) is 0 Å². The molecule has 0 spiro atoms. The first-order valence-corrected chi connectivity index (χ1v) is 3.88. The maximum absolute atomic E-state index is 5.44. The maximum Gasteiger partial charge on any atom is 0.0930 e. The standard InChI is InChI=1S/C10H14N2/c1-7-4-5-8(2)10(6-7)12-9(3)11/h4-6,12H,3,11H2,1-2H3. The van der Waals surface area contributed by atoms with Crippen molar-refractivity contribution < 1.29 is 0 Å². The van der Waals surface area contributed by atoms with Gasteiger partial charge in [0.1, 0.15) is 0 Å². The fourth-order valence-electron chi connectivity index (χ4n) is 1.04. The van der Waals surface area contributed by atoms with Gasteiger partial charge >= 0.3 is 0 Å². The van der Waals surface area contributed by atoms with Gasteiger partial charge in [-0.05, 0) is 31.0 Å². The molecule has 0 aliphatic rings. The van der Waals surface area contributed by atoms with E-state index in [2.05, 4.69) is 24.0 Å². The van der Waals surface area contributed by atoms with E-state index in [0.717, 1.165) is 5.69 Å². The van der Waals surface area contributed by atoms with Crippen LogP contribution in [0.25, 0.3) is 0 Å². The van der Waals surface area contributed by atoms with Gasteiger partial charge in [0, 0.05) is 5.69 Å². The molecule has 0 radical (unpaired) electrons. The number of benzene rings is 1. The first-order chi connectivity index (χ1) is 5.59. The quantitative estimate of drug-likeness (QED) is 0.699. The molecule has 0 aromatic heterocycles. The molecule has 0 saturated heterocycles. The summed E-state index contributed by atoms with van der Waals surface area (Å²) >= 11 is 0. The average molecular weight is 162 g/mol. The number of rotatable bonds is 2. The molecule has 0 unspecified atom stereocenters. The molecule has 12 heavy (non-hydrogen) atoms. The van der Waals surface area contributed by atoms with Crippen molar-refractivity contribution in [3.05, 3.63) is 41.7 Å². The summed E-state index contributed by atoms with van der Waals surface area (Å²) in [6.45, 7) is 7.67. The molecule has 1 rings (SSSR count). The maximum atomic E-state index is 5.44. The largest absolute Gasteiger partial charge is 0.386 e. The fourth-order valence-corrected chi connectivity index (χ4v) is 1.04. The molecule has 0 amide bonds. The van der Waals surface area contributed by atoms with E-state index in [1.165, 1.54) is 11.1 Å². The molecular formula is C10H14N2. The summed E-state index contributed by atoms with van der Waals surface area (Å²) in [6.07, 6.45) is 0. The van der Waals surface area contributed by atoms with Crippen LogP contribution in [0.5, 0.6) is 0 Å². The van der Waals surface area contributed by atoms with Crippen molar-refractivity contribution >= 4 is 5.69 Å². The number of hydrogen-bond acceptors (Lipinski definition) is 2. The molecule has 0 fully saturated rings. The van der Waals surface area contributed by atoms with Gasteiger partial charge in [-0.1, -0.05) is 18.7 Å². The Bertz CT molecular complexity index is 303. The molecule has 0 bridgehead atoms. The molecule has 64 valence electrons. The van der Waals surface area contributed by atoms with Gasteiger partial charge in [-0.15, -0.1) is 0 Å². The minimum Gasteiger partial charge on any atom is -0.386 e. The Morgan fingerprint density at radius 1 is 1.42 bits per heavy atom. The van der Waals surface area contributed by atoms with Crippen LogP contribution in [0.1, 0.15) is 11.1 Å². The van der Waals surface area contributed by atoms with E-state index < -0.39 is 0 Å². The highest BCUT2D eigenvalue weighted by Gasteiger charge is 1.96. The first-order valence-electron chi connectivity index (χ1n) is 3.88. The number of nitrogens with two attached hydrogens (primary N) is 1. The van der Waals surface area contributed by atoms with Gasteiger partial charge < -0.3 is 11.1 Å². The van der Waals surface area contributed by atoms with Crippen LogP contribution in [0, 0.1) is 13.8 Å². The molecule has 0 saturated carbocycles. The molecule has 0 atom stereocenters. The van der Waals surface area contributed by atoms with Crippen LogP contribution in [0.4, 0.5) is 5.69 Å². The molecule has 3 N–H and O–H groups in total. The van der Waals surface area contributed by atoms with Crippen molar-refractivity contribution in [1.82, 2.24) is 0 Å². The van der Waals surface area contributed by atoms with Crippen molar-refractivity contribution in [2.24, 2.45) is 5.73 Å². The molecule has 1 aromatic rings. The van der Waals surface area contributed by atoms with Gasteiger partial charge in [0.05, 0.1) is 5.82 Å². The van der Waals surface area contributed by atoms with Crippen molar-refractivity contribution in [3.63, 3.8) is 0 Å². The average Bonchev–Trinajstić information content (AvgIpc) is 1.96. The van der Waals surface area contributed by atoms with E-state index in [1.54, 1.807) is 0 Å². The Kier molecular flexibility index (Phi) is 2.38. The Balaban J connectivity index is 2.97. The van der Waals surface area contributed by atoms with Gasteiger partial charge in [-0.2, -0.15) is 0 Å². The highest BCUT2D eigenvalue weighted by molar-refractivity contribution is 5.55. The van der Waals surface area contributed by atoms with E-state index in [9.17, 15) is 0 Å². The Morgan fingerprint density at radius 3 is 2.67 bits per heavy atom. The molecule has 1 aromatic carbocycles. The second-order valence-electron chi connectivity index (χ2n) is 2.97. The second kappa shape index (κ2) is 3.30. The Morgan fingerprint density at radius 2 is 2.08 bits per heavy atom. The zero-order chi connectivity index (χ0) is 9.14. The van der Waals surface area contributed by atoms with E-state index in [-0.39, 0.29) is 0 Å². The third-order valence-electron chi connectivity index (χ3n) is 1.69. The fraction of sp³-hybridized carbons (Fsp3) is 0.200. The second-order valence-corrected chi connectivity index (χ2v) is 2.97. The Labute approximate surface area is 73.1 Å². The highest BCUT2D eigenvalue weighted by atomic mass is 15.0. The van der Waals surface area contributed by atoms with Crippen LogP contribution in [-0.2, 0) is 0 Å². The number of anilines is 1. The molecular weight excluding hydrogens is 148 g/mol. The van der Waals surface area contributed by atoms with Gasteiger partial charge in [0.2, 0.25) is 0 Å². The van der Waals surface area contributed by atoms with Crippen LogP contribution in [0.2, 0.25) is 0 Å². The van der Waals surface area contributed by atoms with E-state index in [4.69, 9.17) is 5.73 Å². The summed E-state index contributed by atoms with van der Waals surface area (Å²) in [5.41, 5.74) is 8.85. The van der Waals surface area contributed by atoms with E-state index in [0.29, 0.717) is 5.82 Å². The third kappa shape index (κ3) is 2.02. The lowest BCUT2D eigenvalue weighted by molar-refractivity contribution is 1.29.